The molecule has 0 saturated carbocycles. The lowest BCUT2D eigenvalue weighted by atomic mass is 9.85. The molecule has 108 valence electrons. The summed E-state index contributed by atoms with van der Waals surface area (Å²) in [6.07, 6.45) is 3.90. The standard InChI is InChI=1S/C13H16N2O5/c1-2-20-13(19)14-10(16)7-15-11(17)8-5-3-4-6-9(8)12(15)18/h3-4,8-9H,2,5-7H2,1H3,(H,14,16,19)/t8-,9-/m0/s1. The lowest BCUT2D eigenvalue weighted by Crippen LogP contribution is -2.43. The van der Waals surface area contributed by atoms with Crippen molar-refractivity contribution in [1.82, 2.24) is 10.2 Å². The van der Waals surface area contributed by atoms with Gasteiger partial charge >= 0.3 is 6.09 Å². The number of nitrogens with one attached hydrogen (secondary N) is 1. The summed E-state index contributed by atoms with van der Waals surface area (Å²) in [5, 5.41) is 1.97. The Bertz CT molecular complexity index is 459. The second-order valence-electron chi connectivity index (χ2n) is 4.69. The van der Waals surface area contributed by atoms with E-state index in [1.807, 2.05) is 17.5 Å². The summed E-state index contributed by atoms with van der Waals surface area (Å²) >= 11 is 0. The molecule has 4 amide bonds. The number of imide groups is 2. The second kappa shape index (κ2) is 5.85. The lowest BCUT2D eigenvalue weighted by Gasteiger charge is -2.14. The minimum atomic E-state index is -0.879. The molecule has 1 fully saturated rings. The van der Waals surface area contributed by atoms with Crippen LogP contribution in [-0.4, -0.2) is 41.9 Å². The normalized spacial score (nSPS) is 24.6. The quantitative estimate of drug-likeness (QED) is 0.589. The number of ether oxygens (including phenoxy) is 1. The third-order valence-electron chi connectivity index (χ3n) is 3.42. The van der Waals surface area contributed by atoms with Gasteiger partial charge in [0.1, 0.15) is 6.54 Å². The monoisotopic (exact) mass is 280 g/mol. The number of carbonyl (C=O) groups excluding carboxylic acids is 4. The zero-order valence-electron chi connectivity index (χ0n) is 11.1. The minimum Gasteiger partial charge on any atom is -0.450 e. The smallest absolute Gasteiger partial charge is 0.413 e. The molecule has 0 bridgehead atoms. The number of fused-ring (bicyclic) bond motifs is 1. The predicted octanol–water partition coefficient (Wildman–Crippen LogP) is 0.210. The molecule has 0 aromatic heterocycles. The van der Waals surface area contributed by atoms with E-state index in [9.17, 15) is 19.2 Å². The van der Waals surface area contributed by atoms with Gasteiger partial charge in [-0.1, -0.05) is 12.2 Å². The van der Waals surface area contributed by atoms with Crippen molar-refractivity contribution in [2.75, 3.05) is 13.2 Å². The fourth-order valence-corrected chi connectivity index (χ4v) is 2.49. The summed E-state index contributed by atoms with van der Waals surface area (Å²) in [6, 6.07) is 0. The Labute approximate surface area is 115 Å². The van der Waals surface area contributed by atoms with Crippen LogP contribution in [0.4, 0.5) is 4.79 Å². The van der Waals surface area contributed by atoms with Gasteiger partial charge in [0.25, 0.3) is 0 Å². The van der Waals surface area contributed by atoms with Crippen LogP contribution in [0.25, 0.3) is 0 Å². The number of hydrogen-bond acceptors (Lipinski definition) is 5. The number of likely N-dealkylation sites (tertiary alicyclic amines) is 1. The fourth-order valence-electron chi connectivity index (χ4n) is 2.49. The summed E-state index contributed by atoms with van der Waals surface area (Å²) in [5.41, 5.74) is 0. The van der Waals surface area contributed by atoms with Crippen molar-refractivity contribution in [3.63, 3.8) is 0 Å². The summed E-state index contributed by atoms with van der Waals surface area (Å²) in [5.74, 6) is -2.16. The van der Waals surface area contributed by atoms with Gasteiger partial charge < -0.3 is 4.74 Å². The molecule has 0 radical (unpaired) electrons. The number of rotatable bonds is 3. The van der Waals surface area contributed by atoms with Crippen molar-refractivity contribution in [1.29, 1.82) is 0 Å². The molecule has 2 rings (SSSR count). The van der Waals surface area contributed by atoms with Crippen LogP contribution in [0.2, 0.25) is 0 Å². The van der Waals surface area contributed by atoms with Crippen molar-refractivity contribution in [2.24, 2.45) is 11.8 Å². The van der Waals surface area contributed by atoms with E-state index in [0.29, 0.717) is 12.8 Å². The zero-order chi connectivity index (χ0) is 14.7. The molecular weight excluding hydrogens is 264 g/mol. The first-order valence-corrected chi connectivity index (χ1v) is 6.51. The molecule has 20 heavy (non-hydrogen) atoms. The molecule has 0 spiro atoms. The number of hydrogen-bond donors (Lipinski definition) is 1. The Morgan fingerprint density at radius 2 is 1.80 bits per heavy atom. The first kappa shape index (κ1) is 14.2. The van der Waals surface area contributed by atoms with Crippen LogP contribution in [0.15, 0.2) is 12.2 Å². The fraction of sp³-hybridized carbons (Fsp3) is 0.538. The van der Waals surface area contributed by atoms with Crippen molar-refractivity contribution in [3.8, 4) is 0 Å². The van der Waals surface area contributed by atoms with E-state index < -0.39 is 18.5 Å². The minimum absolute atomic E-state index is 0.135. The molecule has 0 aromatic carbocycles. The van der Waals surface area contributed by atoms with E-state index in [0.717, 1.165) is 4.90 Å². The van der Waals surface area contributed by atoms with Crippen molar-refractivity contribution in [2.45, 2.75) is 19.8 Å². The van der Waals surface area contributed by atoms with Gasteiger partial charge in [0.05, 0.1) is 18.4 Å². The molecule has 2 aliphatic rings. The lowest BCUT2D eigenvalue weighted by molar-refractivity contribution is -0.143. The predicted molar refractivity (Wildman–Crippen MR) is 67.2 cm³/mol. The van der Waals surface area contributed by atoms with Gasteiger partial charge in [-0.25, -0.2) is 4.79 Å². The first-order chi connectivity index (χ1) is 9.54. The van der Waals surface area contributed by atoms with E-state index in [4.69, 9.17) is 0 Å². The topological polar surface area (TPSA) is 92.8 Å². The van der Waals surface area contributed by atoms with Crippen LogP contribution in [0.5, 0.6) is 0 Å². The zero-order valence-corrected chi connectivity index (χ0v) is 11.1. The number of allylic oxidation sites excluding steroid dienone is 2. The summed E-state index contributed by atoms with van der Waals surface area (Å²) in [6.45, 7) is 1.30. The Morgan fingerprint density at radius 3 is 2.30 bits per heavy atom. The second-order valence-corrected chi connectivity index (χ2v) is 4.69. The molecule has 2 atom stereocenters. The maximum absolute atomic E-state index is 12.1. The molecule has 0 aromatic rings. The number of alkyl carbamates (subject to hydrolysis) is 1. The average Bonchev–Trinajstić information content (AvgIpc) is 2.65. The molecule has 1 heterocycles. The molecular formula is C13H16N2O5. The Balaban J connectivity index is 1.96. The van der Waals surface area contributed by atoms with E-state index in [2.05, 4.69) is 4.74 Å². The van der Waals surface area contributed by atoms with Gasteiger partial charge in [0.2, 0.25) is 17.7 Å². The summed E-state index contributed by atoms with van der Waals surface area (Å²) < 4.78 is 4.56. The number of nitrogens with zero attached hydrogens (tertiary/aromatic N) is 1. The third-order valence-corrected chi connectivity index (χ3v) is 3.42. The number of carbonyl (C=O) groups is 4. The molecule has 0 unspecified atom stereocenters. The van der Waals surface area contributed by atoms with Gasteiger partial charge in [-0.3, -0.25) is 24.6 Å². The molecule has 1 N–H and O–H groups in total. The van der Waals surface area contributed by atoms with E-state index in [1.165, 1.54) is 0 Å². The van der Waals surface area contributed by atoms with Crippen LogP contribution in [0, 0.1) is 11.8 Å². The highest BCUT2D eigenvalue weighted by Gasteiger charge is 2.47. The van der Waals surface area contributed by atoms with Crippen LogP contribution in [0.3, 0.4) is 0 Å². The maximum Gasteiger partial charge on any atom is 0.413 e. The van der Waals surface area contributed by atoms with E-state index >= 15 is 0 Å². The van der Waals surface area contributed by atoms with Gasteiger partial charge in [-0.05, 0) is 19.8 Å². The summed E-state index contributed by atoms with van der Waals surface area (Å²) in [4.78, 5) is 47.8. The highest BCUT2D eigenvalue weighted by molar-refractivity contribution is 6.08. The van der Waals surface area contributed by atoms with Crippen molar-refractivity contribution < 1.29 is 23.9 Å². The molecule has 7 heteroatoms. The molecule has 1 aliphatic carbocycles. The molecule has 1 aliphatic heterocycles. The molecule has 7 nitrogen and oxygen atoms in total. The summed E-state index contributed by atoms with van der Waals surface area (Å²) in [7, 11) is 0. The molecule has 1 saturated heterocycles. The van der Waals surface area contributed by atoms with E-state index in [-0.39, 0.29) is 30.3 Å². The SMILES string of the molecule is CCOC(=O)NC(=O)CN1C(=O)[C@H]2CC=CC[C@@H]2C1=O. The Hall–Kier alpha value is -2.18. The van der Waals surface area contributed by atoms with Gasteiger partial charge in [-0.15, -0.1) is 0 Å². The van der Waals surface area contributed by atoms with Crippen LogP contribution in [0.1, 0.15) is 19.8 Å². The van der Waals surface area contributed by atoms with Crippen molar-refractivity contribution in [3.05, 3.63) is 12.2 Å². The van der Waals surface area contributed by atoms with Gasteiger partial charge in [-0.2, -0.15) is 0 Å². The van der Waals surface area contributed by atoms with E-state index in [1.54, 1.807) is 6.92 Å². The largest absolute Gasteiger partial charge is 0.450 e. The highest BCUT2D eigenvalue weighted by Crippen LogP contribution is 2.34. The number of amides is 4. The van der Waals surface area contributed by atoms with Crippen LogP contribution in [-0.2, 0) is 19.1 Å². The van der Waals surface area contributed by atoms with Gasteiger partial charge in [0.15, 0.2) is 0 Å². The average molecular weight is 280 g/mol. The van der Waals surface area contributed by atoms with Crippen LogP contribution < -0.4 is 5.32 Å². The van der Waals surface area contributed by atoms with Crippen molar-refractivity contribution >= 4 is 23.8 Å². The van der Waals surface area contributed by atoms with Gasteiger partial charge in [0, 0.05) is 0 Å². The Kier molecular flexibility index (Phi) is 4.16. The Morgan fingerprint density at radius 1 is 1.25 bits per heavy atom. The first-order valence-electron chi connectivity index (χ1n) is 6.51. The third kappa shape index (κ3) is 2.71. The highest BCUT2D eigenvalue weighted by atomic mass is 16.5. The maximum atomic E-state index is 12.1. The van der Waals surface area contributed by atoms with Crippen LogP contribution >= 0.6 is 0 Å².